The van der Waals surface area contributed by atoms with E-state index in [1.54, 1.807) is 0 Å². The molecular weight excluding hydrogens is 480 g/mol. The maximum Gasteiger partial charge on any atom is 0.268 e. The van der Waals surface area contributed by atoms with Crippen molar-refractivity contribution in [1.29, 1.82) is 0 Å². The van der Waals surface area contributed by atoms with Crippen molar-refractivity contribution in [3.63, 3.8) is 0 Å². The molecule has 0 unspecified atom stereocenters. The van der Waals surface area contributed by atoms with Gasteiger partial charge in [-0.05, 0) is 49.9 Å². The summed E-state index contributed by atoms with van der Waals surface area (Å²) in [6.45, 7) is 2.61. The van der Waals surface area contributed by atoms with Crippen molar-refractivity contribution in [2.45, 2.75) is 57.2 Å². The number of piperidine rings is 1. The second-order valence-corrected chi connectivity index (χ2v) is 11.4. The van der Waals surface area contributed by atoms with Crippen molar-refractivity contribution in [1.82, 2.24) is 19.9 Å². The number of fused-ring (bicyclic) bond motifs is 1. The highest BCUT2D eigenvalue weighted by molar-refractivity contribution is 7.19. The number of thiophene rings is 1. The number of carbonyl (C=O) groups excluding carboxylic acids is 1. The standard InChI is InChI=1S/C27H29ClN4O2S/c28-26-10-9-25(35-26)24-16-20(30-34-24)17-32-22-8-4-1-5-18(22)15-23(32)27(33)29-19-11-13-31(14-12-19)21-6-2-3-7-21/h1,4-5,8-10,15-16,19,21H,2-3,6-7,11-14,17H2,(H,29,33). The van der Waals surface area contributed by atoms with Crippen LogP contribution >= 0.6 is 22.9 Å². The summed E-state index contributed by atoms with van der Waals surface area (Å²) in [6.07, 6.45) is 7.41. The molecule has 1 amide bonds. The molecule has 0 atom stereocenters. The Balaban J connectivity index is 1.19. The van der Waals surface area contributed by atoms with Gasteiger partial charge in [0.05, 0.1) is 15.8 Å². The fourth-order valence-corrected chi connectivity index (χ4v) is 6.61. The first-order chi connectivity index (χ1) is 17.1. The van der Waals surface area contributed by atoms with Crippen LogP contribution in [0.1, 0.15) is 54.7 Å². The van der Waals surface area contributed by atoms with Crippen LogP contribution < -0.4 is 5.32 Å². The fraction of sp³-hybridized carbons (Fsp3) is 0.407. The number of carbonyl (C=O) groups is 1. The van der Waals surface area contributed by atoms with Crippen molar-refractivity contribution in [3.8, 4) is 10.6 Å². The first kappa shape index (κ1) is 22.8. The maximum absolute atomic E-state index is 13.5. The van der Waals surface area contributed by atoms with Gasteiger partial charge in [0.1, 0.15) is 11.4 Å². The number of nitrogens with zero attached hydrogens (tertiary/aromatic N) is 3. The van der Waals surface area contributed by atoms with Crippen LogP contribution in [0.5, 0.6) is 0 Å². The van der Waals surface area contributed by atoms with Crippen LogP contribution in [0.15, 0.2) is 53.1 Å². The summed E-state index contributed by atoms with van der Waals surface area (Å²) in [6, 6.07) is 16.8. The number of aromatic nitrogens is 2. The van der Waals surface area contributed by atoms with Crippen molar-refractivity contribution >= 4 is 39.7 Å². The summed E-state index contributed by atoms with van der Waals surface area (Å²) in [4.78, 5) is 17.0. The van der Waals surface area contributed by atoms with E-state index in [-0.39, 0.29) is 11.9 Å². The molecule has 0 radical (unpaired) electrons. The summed E-state index contributed by atoms with van der Waals surface area (Å²) in [5.74, 6) is 0.669. The van der Waals surface area contributed by atoms with Gasteiger partial charge in [-0.15, -0.1) is 11.3 Å². The Morgan fingerprint density at radius 3 is 2.66 bits per heavy atom. The lowest BCUT2D eigenvalue weighted by Gasteiger charge is -2.36. The predicted molar refractivity (Wildman–Crippen MR) is 140 cm³/mol. The zero-order valence-electron chi connectivity index (χ0n) is 19.6. The molecule has 1 aliphatic carbocycles. The molecule has 182 valence electrons. The van der Waals surface area contributed by atoms with Crippen molar-refractivity contribution in [2.75, 3.05) is 13.1 Å². The minimum atomic E-state index is -0.0192. The highest BCUT2D eigenvalue weighted by atomic mass is 35.5. The van der Waals surface area contributed by atoms with E-state index < -0.39 is 0 Å². The number of hydrogen-bond donors (Lipinski definition) is 1. The molecule has 6 nitrogen and oxygen atoms in total. The second kappa shape index (κ2) is 9.80. The summed E-state index contributed by atoms with van der Waals surface area (Å²) in [5, 5.41) is 8.64. The third kappa shape index (κ3) is 4.77. The van der Waals surface area contributed by atoms with Crippen molar-refractivity contribution < 1.29 is 9.32 Å². The third-order valence-electron chi connectivity index (χ3n) is 7.44. The van der Waals surface area contributed by atoms with Gasteiger partial charge in [-0.25, -0.2) is 0 Å². The summed E-state index contributed by atoms with van der Waals surface area (Å²) < 4.78 is 8.34. The zero-order valence-corrected chi connectivity index (χ0v) is 21.2. The maximum atomic E-state index is 13.5. The number of rotatable bonds is 6. The van der Waals surface area contributed by atoms with Crippen LogP contribution in [-0.2, 0) is 6.54 Å². The number of amides is 1. The van der Waals surface area contributed by atoms with E-state index in [0.717, 1.165) is 53.4 Å². The van der Waals surface area contributed by atoms with Crippen LogP contribution in [0.4, 0.5) is 0 Å². The average molecular weight is 509 g/mol. The Labute approximate surface area is 213 Å². The van der Waals surface area contributed by atoms with Gasteiger partial charge in [-0.1, -0.05) is 47.8 Å². The number of likely N-dealkylation sites (tertiary alicyclic amines) is 1. The molecule has 1 N–H and O–H groups in total. The fourth-order valence-electron chi connectivity index (χ4n) is 5.62. The summed E-state index contributed by atoms with van der Waals surface area (Å²) in [5.41, 5.74) is 2.44. The van der Waals surface area contributed by atoms with E-state index in [1.807, 2.05) is 53.1 Å². The Morgan fingerprint density at radius 2 is 1.89 bits per heavy atom. The topological polar surface area (TPSA) is 63.3 Å². The highest BCUT2D eigenvalue weighted by Crippen LogP contribution is 2.32. The molecule has 4 aromatic rings. The van der Waals surface area contributed by atoms with E-state index in [0.29, 0.717) is 22.3 Å². The molecule has 1 saturated heterocycles. The number of para-hydroxylation sites is 1. The van der Waals surface area contributed by atoms with E-state index in [2.05, 4.69) is 15.4 Å². The Kier molecular flexibility index (Phi) is 6.39. The molecule has 6 rings (SSSR count). The molecule has 3 aromatic heterocycles. The molecule has 0 bridgehead atoms. The first-order valence-electron chi connectivity index (χ1n) is 12.5. The molecule has 1 aromatic carbocycles. The SMILES string of the molecule is O=C(NC1CCN(C2CCCC2)CC1)c1cc2ccccc2n1Cc1cc(-c2ccc(Cl)s2)on1. The van der Waals surface area contributed by atoms with Crippen LogP contribution in [0.3, 0.4) is 0 Å². The van der Waals surface area contributed by atoms with Crippen LogP contribution in [-0.4, -0.2) is 45.7 Å². The van der Waals surface area contributed by atoms with Gasteiger partial charge >= 0.3 is 0 Å². The van der Waals surface area contributed by atoms with Gasteiger partial charge in [0.2, 0.25) is 0 Å². The average Bonchev–Trinajstić information content (AvgIpc) is 3.67. The van der Waals surface area contributed by atoms with Crippen LogP contribution in [0.2, 0.25) is 4.34 Å². The molecule has 8 heteroatoms. The van der Waals surface area contributed by atoms with Gasteiger partial charge in [-0.3, -0.25) is 4.79 Å². The number of benzene rings is 1. The molecular formula is C27H29ClN4O2S. The van der Waals surface area contributed by atoms with E-state index >= 15 is 0 Å². The van der Waals surface area contributed by atoms with Crippen LogP contribution in [0, 0.1) is 0 Å². The smallest absolute Gasteiger partial charge is 0.268 e. The lowest BCUT2D eigenvalue weighted by molar-refractivity contribution is 0.0884. The number of halogens is 1. The highest BCUT2D eigenvalue weighted by Gasteiger charge is 2.28. The summed E-state index contributed by atoms with van der Waals surface area (Å²) >= 11 is 7.54. The third-order valence-corrected chi connectivity index (χ3v) is 8.69. The molecule has 1 aliphatic heterocycles. The minimum absolute atomic E-state index is 0.0192. The van der Waals surface area contributed by atoms with Gasteiger partial charge in [0.25, 0.3) is 5.91 Å². The predicted octanol–water partition coefficient (Wildman–Crippen LogP) is 6.20. The monoisotopic (exact) mass is 508 g/mol. The summed E-state index contributed by atoms with van der Waals surface area (Å²) in [7, 11) is 0. The van der Waals surface area contributed by atoms with Gasteiger partial charge in [0.15, 0.2) is 5.76 Å². The van der Waals surface area contributed by atoms with Gasteiger partial charge in [-0.2, -0.15) is 0 Å². The number of hydrogen-bond acceptors (Lipinski definition) is 5. The Morgan fingerprint density at radius 1 is 1.09 bits per heavy atom. The molecule has 4 heterocycles. The quantitative estimate of drug-likeness (QED) is 0.337. The largest absolute Gasteiger partial charge is 0.355 e. The molecule has 0 spiro atoms. The minimum Gasteiger partial charge on any atom is -0.355 e. The van der Waals surface area contributed by atoms with Crippen molar-refractivity contribution in [2.24, 2.45) is 0 Å². The normalized spacial score (nSPS) is 18.0. The lowest BCUT2D eigenvalue weighted by atomic mass is 10.0. The molecule has 2 fully saturated rings. The van der Waals surface area contributed by atoms with Crippen LogP contribution in [0.25, 0.3) is 21.5 Å². The first-order valence-corrected chi connectivity index (χ1v) is 13.7. The van der Waals surface area contributed by atoms with E-state index in [1.165, 1.54) is 37.0 Å². The lowest BCUT2D eigenvalue weighted by Crippen LogP contribution is -2.47. The molecule has 35 heavy (non-hydrogen) atoms. The Hall–Kier alpha value is -2.61. The van der Waals surface area contributed by atoms with Crippen molar-refractivity contribution in [3.05, 3.63) is 64.3 Å². The molecule has 2 aliphatic rings. The second-order valence-electron chi connectivity index (χ2n) is 9.68. The van der Waals surface area contributed by atoms with E-state index in [4.69, 9.17) is 16.1 Å². The van der Waals surface area contributed by atoms with E-state index in [9.17, 15) is 4.79 Å². The van der Waals surface area contributed by atoms with Gasteiger partial charge in [0, 0.05) is 42.1 Å². The number of nitrogens with one attached hydrogen (secondary N) is 1. The van der Waals surface area contributed by atoms with Gasteiger partial charge < -0.3 is 19.3 Å². The Bertz CT molecular complexity index is 1330. The molecule has 1 saturated carbocycles. The zero-order chi connectivity index (χ0) is 23.8.